The van der Waals surface area contributed by atoms with Crippen LogP contribution in [0.25, 0.3) is 55.3 Å². The fourth-order valence-corrected chi connectivity index (χ4v) is 5.02. The molecule has 38 heavy (non-hydrogen) atoms. The second-order valence-corrected chi connectivity index (χ2v) is 10.2. The molecule has 0 aromatic carbocycles. The lowest BCUT2D eigenvalue weighted by Crippen LogP contribution is -2.17. The van der Waals surface area contributed by atoms with Gasteiger partial charge in [0.2, 0.25) is 5.91 Å². The Kier molecular flexibility index (Phi) is 5.76. The Hall–Kier alpha value is -4.77. The highest BCUT2D eigenvalue weighted by atomic mass is 32.1. The summed E-state index contributed by atoms with van der Waals surface area (Å²) < 4.78 is 0. The summed E-state index contributed by atoms with van der Waals surface area (Å²) in [5, 5.41) is 11.2. The topological polar surface area (TPSA) is 142 Å². The molecule has 3 N–H and O–H groups in total. The van der Waals surface area contributed by atoms with Crippen LogP contribution in [0.1, 0.15) is 30.4 Å². The zero-order valence-electron chi connectivity index (χ0n) is 20.7. The number of nitrogens with one attached hydrogen (secondary N) is 3. The number of fused-ring (bicyclic) bond motifs is 2. The summed E-state index contributed by atoms with van der Waals surface area (Å²) >= 11 is 1.44. The third kappa shape index (κ3) is 4.22. The van der Waals surface area contributed by atoms with Gasteiger partial charge in [0.15, 0.2) is 17.3 Å². The van der Waals surface area contributed by atoms with Gasteiger partial charge in [0, 0.05) is 39.7 Å². The molecule has 0 unspecified atom stereocenters. The Morgan fingerprint density at radius 2 is 1.92 bits per heavy atom. The summed E-state index contributed by atoms with van der Waals surface area (Å²) in [6.07, 6.45) is 6.73. The van der Waals surface area contributed by atoms with Gasteiger partial charge in [0.1, 0.15) is 5.69 Å². The molecule has 10 nitrogen and oxygen atoms in total. The predicted molar refractivity (Wildman–Crippen MR) is 147 cm³/mol. The van der Waals surface area contributed by atoms with Gasteiger partial charge in [-0.2, -0.15) is 5.10 Å². The van der Waals surface area contributed by atoms with Crippen LogP contribution in [0.4, 0.5) is 5.69 Å². The van der Waals surface area contributed by atoms with E-state index in [1.165, 1.54) is 11.3 Å². The smallest absolute Gasteiger partial charge is 0.226 e. The minimum atomic E-state index is -0.142. The molecule has 6 heterocycles. The number of amides is 1. The Bertz CT molecular complexity index is 1850. The molecule has 0 atom stereocenters. The van der Waals surface area contributed by atoms with Crippen molar-refractivity contribution < 1.29 is 9.59 Å². The molecule has 0 saturated heterocycles. The lowest BCUT2D eigenvalue weighted by Gasteiger charge is -2.08. The minimum absolute atomic E-state index is 0.0345. The van der Waals surface area contributed by atoms with Gasteiger partial charge in [0.05, 0.1) is 39.7 Å². The first-order chi connectivity index (χ1) is 18.4. The third-order valence-corrected chi connectivity index (χ3v) is 7.33. The molecule has 6 aromatic heterocycles. The zero-order chi connectivity index (χ0) is 26.4. The van der Waals surface area contributed by atoms with Gasteiger partial charge in [-0.05, 0) is 37.3 Å². The van der Waals surface area contributed by atoms with Crippen molar-refractivity contribution in [2.45, 2.75) is 20.8 Å². The molecule has 6 aromatic rings. The molecular weight excluding hydrogens is 500 g/mol. The molecule has 0 spiro atoms. The number of hydrogen-bond donors (Lipinski definition) is 3. The van der Waals surface area contributed by atoms with Gasteiger partial charge < -0.3 is 10.3 Å². The van der Waals surface area contributed by atoms with E-state index in [1.807, 2.05) is 44.2 Å². The SMILES string of the molecule is CC(=O)c1ccc(-c2ccnc3nc(-c4n[nH]c5cnc(-c6cncc(NC(=O)C(C)C)c6)cc45)[nH]c23)s1. The summed E-state index contributed by atoms with van der Waals surface area (Å²) in [5.74, 6) is 0.369. The van der Waals surface area contributed by atoms with Gasteiger partial charge in [-0.15, -0.1) is 11.3 Å². The van der Waals surface area contributed by atoms with Crippen LogP contribution in [0.3, 0.4) is 0 Å². The van der Waals surface area contributed by atoms with Crippen molar-refractivity contribution in [3.05, 3.63) is 60.0 Å². The van der Waals surface area contributed by atoms with Gasteiger partial charge in [-0.3, -0.25) is 24.7 Å². The lowest BCUT2D eigenvalue weighted by atomic mass is 10.1. The molecule has 0 bridgehead atoms. The molecule has 1 amide bonds. The Labute approximate surface area is 220 Å². The van der Waals surface area contributed by atoms with Crippen molar-refractivity contribution >= 4 is 50.8 Å². The van der Waals surface area contributed by atoms with E-state index in [-0.39, 0.29) is 17.6 Å². The minimum Gasteiger partial charge on any atom is -0.335 e. The summed E-state index contributed by atoms with van der Waals surface area (Å²) in [7, 11) is 0. The standard InChI is InChI=1S/C27H22N8O2S/c1-13(2)27(37)31-16-8-15(10-28-11-16)19-9-18-20(12-30-19)34-35-24(18)26-32-23-17(6-7-29-25(23)33-26)22-5-4-21(38-22)14(3)36/h4-13H,1-3H3,(H,31,37)(H,34,35)(H,29,32,33). The van der Waals surface area contributed by atoms with Gasteiger partial charge in [0.25, 0.3) is 0 Å². The summed E-state index contributed by atoms with van der Waals surface area (Å²) in [6, 6.07) is 9.43. The summed E-state index contributed by atoms with van der Waals surface area (Å²) in [5.41, 5.74) is 5.65. The van der Waals surface area contributed by atoms with E-state index in [9.17, 15) is 9.59 Å². The highest BCUT2D eigenvalue weighted by Gasteiger charge is 2.18. The van der Waals surface area contributed by atoms with Crippen LogP contribution in [0.5, 0.6) is 0 Å². The van der Waals surface area contributed by atoms with E-state index in [4.69, 9.17) is 4.98 Å². The van der Waals surface area contributed by atoms with Crippen molar-refractivity contribution in [1.82, 2.24) is 35.1 Å². The second kappa shape index (κ2) is 9.27. The number of carbonyl (C=O) groups excluding carboxylic acids is 2. The third-order valence-electron chi connectivity index (χ3n) is 6.11. The maximum Gasteiger partial charge on any atom is 0.226 e. The number of imidazole rings is 1. The van der Waals surface area contributed by atoms with Gasteiger partial charge in [-0.1, -0.05) is 13.8 Å². The van der Waals surface area contributed by atoms with Gasteiger partial charge in [-0.25, -0.2) is 9.97 Å². The number of rotatable bonds is 6. The van der Waals surface area contributed by atoms with E-state index in [1.54, 1.807) is 31.7 Å². The molecule has 0 saturated carbocycles. The fraction of sp³-hybridized carbons (Fsp3) is 0.148. The van der Waals surface area contributed by atoms with E-state index < -0.39 is 0 Å². The number of anilines is 1. The molecule has 0 radical (unpaired) electrons. The Morgan fingerprint density at radius 1 is 1.05 bits per heavy atom. The van der Waals surface area contributed by atoms with Crippen LogP contribution in [-0.4, -0.2) is 46.8 Å². The van der Waals surface area contributed by atoms with Crippen molar-refractivity contribution in [3.63, 3.8) is 0 Å². The van der Waals surface area contributed by atoms with E-state index in [2.05, 4.69) is 35.5 Å². The quantitative estimate of drug-likeness (QED) is 0.246. The van der Waals surface area contributed by atoms with Crippen LogP contribution < -0.4 is 5.32 Å². The van der Waals surface area contributed by atoms with Crippen molar-refractivity contribution in [2.24, 2.45) is 5.92 Å². The number of thiophene rings is 1. The number of aromatic nitrogens is 7. The molecule has 0 aliphatic rings. The average Bonchev–Trinajstić information content (AvgIpc) is 3.66. The van der Waals surface area contributed by atoms with E-state index in [0.717, 1.165) is 32.4 Å². The molecular formula is C27H22N8O2S. The first-order valence-corrected chi connectivity index (χ1v) is 12.8. The van der Waals surface area contributed by atoms with Crippen molar-refractivity contribution in [1.29, 1.82) is 0 Å². The van der Waals surface area contributed by atoms with Crippen molar-refractivity contribution in [3.8, 4) is 33.2 Å². The van der Waals surface area contributed by atoms with Crippen LogP contribution >= 0.6 is 11.3 Å². The van der Waals surface area contributed by atoms with E-state index in [0.29, 0.717) is 33.4 Å². The van der Waals surface area contributed by atoms with Crippen LogP contribution in [0, 0.1) is 5.92 Å². The molecule has 0 fully saturated rings. The normalized spacial score (nSPS) is 11.5. The van der Waals surface area contributed by atoms with Crippen molar-refractivity contribution in [2.75, 3.05) is 5.32 Å². The highest BCUT2D eigenvalue weighted by molar-refractivity contribution is 7.17. The average molecular weight is 523 g/mol. The van der Waals surface area contributed by atoms with Crippen LogP contribution in [0.2, 0.25) is 0 Å². The number of pyridine rings is 3. The Morgan fingerprint density at radius 3 is 2.71 bits per heavy atom. The number of Topliss-reactive ketones (excluding diaryl/α,β-unsaturated/α-hetero) is 1. The molecule has 0 aliphatic carbocycles. The number of ketones is 1. The summed E-state index contributed by atoms with van der Waals surface area (Å²) in [4.78, 5) is 46.9. The first kappa shape index (κ1) is 23.6. The molecule has 188 valence electrons. The predicted octanol–water partition coefficient (Wildman–Crippen LogP) is 5.48. The number of nitrogens with zero attached hydrogens (tertiary/aromatic N) is 5. The number of H-pyrrole nitrogens is 2. The summed E-state index contributed by atoms with van der Waals surface area (Å²) in [6.45, 7) is 5.23. The number of carbonyl (C=O) groups is 2. The Balaban J connectivity index is 1.40. The van der Waals surface area contributed by atoms with Crippen LogP contribution in [0.15, 0.2) is 55.1 Å². The number of aromatic amines is 2. The van der Waals surface area contributed by atoms with Gasteiger partial charge >= 0.3 is 0 Å². The molecule has 0 aliphatic heterocycles. The maximum absolute atomic E-state index is 12.1. The fourth-order valence-electron chi connectivity index (χ4n) is 4.09. The monoisotopic (exact) mass is 522 g/mol. The first-order valence-electron chi connectivity index (χ1n) is 11.9. The maximum atomic E-state index is 12.1. The second-order valence-electron chi connectivity index (χ2n) is 9.16. The largest absolute Gasteiger partial charge is 0.335 e. The van der Waals surface area contributed by atoms with Crippen LogP contribution in [-0.2, 0) is 4.79 Å². The zero-order valence-corrected chi connectivity index (χ0v) is 21.6. The molecule has 6 rings (SSSR count). The number of hydrogen-bond acceptors (Lipinski definition) is 8. The lowest BCUT2D eigenvalue weighted by molar-refractivity contribution is -0.118. The molecule has 11 heteroatoms. The van der Waals surface area contributed by atoms with E-state index >= 15 is 0 Å². The highest BCUT2D eigenvalue weighted by Crippen LogP contribution is 2.35.